The Bertz CT molecular complexity index is 1080. The minimum atomic E-state index is -0.214. The van der Waals surface area contributed by atoms with Gasteiger partial charge < -0.3 is 15.2 Å². The first kappa shape index (κ1) is 18.7. The van der Waals surface area contributed by atoms with Gasteiger partial charge >= 0.3 is 0 Å². The summed E-state index contributed by atoms with van der Waals surface area (Å²) in [6.45, 7) is 4.50. The maximum absolute atomic E-state index is 13.0. The van der Waals surface area contributed by atoms with Crippen molar-refractivity contribution in [2.45, 2.75) is 25.8 Å². The number of nitrogens with one attached hydrogen (secondary N) is 2. The number of aromatic nitrogens is 4. The molecule has 154 valence electrons. The molecule has 5 rings (SSSR count). The lowest BCUT2D eigenvalue weighted by Crippen LogP contribution is -2.46. The van der Waals surface area contributed by atoms with Crippen LogP contribution in [0.2, 0.25) is 0 Å². The highest BCUT2D eigenvalue weighted by Gasteiger charge is 2.41. The number of anilines is 1. The van der Waals surface area contributed by atoms with Crippen LogP contribution in [0.15, 0.2) is 24.5 Å². The highest BCUT2D eigenvalue weighted by atomic mass is 16.2. The van der Waals surface area contributed by atoms with E-state index in [2.05, 4.69) is 37.2 Å². The van der Waals surface area contributed by atoms with Crippen LogP contribution in [-0.4, -0.2) is 74.3 Å². The summed E-state index contributed by atoms with van der Waals surface area (Å²) in [7, 11) is 2.06. The van der Waals surface area contributed by atoms with Gasteiger partial charge in [0.15, 0.2) is 0 Å². The molecule has 2 aliphatic heterocycles. The van der Waals surface area contributed by atoms with Gasteiger partial charge in [0.2, 0.25) is 5.95 Å². The monoisotopic (exact) mass is 405 g/mol. The van der Waals surface area contributed by atoms with Crippen LogP contribution in [0.3, 0.4) is 0 Å². The molecule has 2 aromatic heterocycles. The zero-order chi connectivity index (χ0) is 20.8. The topological polar surface area (TPSA) is 107 Å². The van der Waals surface area contributed by atoms with Crippen molar-refractivity contribution in [1.29, 1.82) is 0 Å². The average Bonchev–Trinajstić information content (AvgIpc) is 3.27. The molecule has 9 heteroatoms. The summed E-state index contributed by atoms with van der Waals surface area (Å²) in [4.78, 5) is 46.1. The van der Waals surface area contributed by atoms with Crippen LogP contribution in [0.1, 0.15) is 40.5 Å². The fourth-order valence-electron chi connectivity index (χ4n) is 4.18. The van der Waals surface area contributed by atoms with Gasteiger partial charge in [0.25, 0.3) is 11.8 Å². The predicted molar refractivity (Wildman–Crippen MR) is 112 cm³/mol. The molecule has 0 unspecified atom stereocenters. The van der Waals surface area contributed by atoms with Gasteiger partial charge in [-0.2, -0.15) is 0 Å². The number of hydrogen-bond acceptors (Lipinski definition) is 7. The van der Waals surface area contributed by atoms with Crippen molar-refractivity contribution in [2.75, 3.05) is 32.0 Å². The molecule has 1 saturated heterocycles. The van der Waals surface area contributed by atoms with Gasteiger partial charge in [0.1, 0.15) is 5.82 Å². The number of fused-ring (bicyclic) bond motifs is 2. The van der Waals surface area contributed by atoms with E-state index in [9.17, 15) is 9.59 Å². The lowest BCUT2D eigenvalue weighted by Gasteiger charge is -2.33. The van der Waals surface area contributed by atoms with Crippen molar-refractivity contribution in [2.24, 2.45) is 0 Å². The Labute approximate surface area is 173 Å². The number of piperidine rings is 1. The summed E-state index contributed by atoms with van der Waals surface area (Å²) >= 11 is 0. The molecule has 0 bridgehead atoms. The van der Waals surface area contributed by atoms with E-state index in [4.69, 9.17) is 0 Å². The highest BCUT2D eigenvalue weighted by Crippen LogP contribution is 2.32. The van der Waals surface area contributed by atoms with Crippen molar-refractivity contribution in [3.63, 3.8) is 0 Å². The number of H-pyrrole nitrogens is 1. The Morgan fingerprint density at radius 2 is 1.77 bits per heavy atom. The molecule has 0 radical (unpaired) electrons. The van der Waals surface area contributed by atoms with Crippen LogP contribution in [0.5, 0.6) is 0 Å². The van der Waals surface area contributed by atoms with E-state index in [1.54, 1.807) is 24.5 Å². The molecule has 30 heavy (non-hydrogen) atoms. The third-order valence-corrected chi connectivity index (χ3v) is 5.83. The largest absolute Gasteiger partial charge is 0.355 e. The number of hydrogen-bond donors (Lipinski definition) is 2. The fourth-order valence-corrected chi connectivity index (χ4v) is 4.18. The normalized spacial score (nSPS) is 17.7. The van der Waals surface area contributed by atoms with E-state index in [-0.39, 0.29) is 17.9 Å². The Morgan fingerprint density at radius 3 is 2.43 bits per heavy atom. The second kappa shape index (κ2) is 7.17. The van der Waals surface area contributed by atoms with Crippen molar-refractivity contribution in [1.82, 2.24) is 29.7 Å². The number of benzene rings is 1. The van der Waals surface area contributed by atoms with Crippen molar-refractivity contribution in [3.8, 4) is 11.4 Å². The summed E-state index contributed by atoms with van der Waals surface area (Å²) < 4.78 is 0. The van der Waals surface area contributed by atoms with Gasteiger partial charge in [0, 0.05) is 25.0 Å². The fraction of sp³-hybridized carbons (Fsp3) is 0.381. The number of nitrogens with zero attached hydrogens (tertiary/aromatic N) is 5. The minimum absolute atomic E-state index is 0.0390. The Kier molecular flexibility index (Phi) is 4.47. The standard InChI is InChI=1S/C21H23N7O2/c1-3-22-21-23-10-12(11-24-21)18-25-16-8-14-15(9-17(16)26-18)20(30)28(19(14)29)13-4-6-27(2)7-5-13/h8-11,13H,3-7H2,1-2H3,(H,25,26)(H,22,23,24). The number of carbonyl (C=O) groups excluding carboxylic acids is 2. The summed E-state index contributed by atoms with van der Waals surface area (Å²) in [5, 5.41) is 3.05. The summed E-state index contributed by atoms with van der Waals surface area (Å²) in [5.41, 5.74) is 2.97. The highest BCUT2D eigenvalue weighted by molar-refractivity contribution is 6.23. The summed E-state index contributed by atoms with van der Waals surface area (Å²) in [6.07, 6.45) is 5.00. The van der Waals surface area contributed by atoms with Crippen LogP contribution in [0.25, 0.3) is 22.4 Å². The van der Waals surface area contributed by atoms with Crippen molar-refractivity contribution in [3.05, 3.63) is 35.7 Å². The van der Waals surface area contributed by atoms with E-state index in [1.165, 1.54) is 4.90 Å². The molecule has 0 spiro atoms. The average molecular weight is 405 g/mol. The number of carbonyl (C=O) groups is 2. The molecule has 2 N–H and O–H groups in total. The number of aromatic amines is 1. The molecular weight excluding hydrogens is 382 g/mol. The summed E-state index contributed by atoms with van der Waals surface area (Å²) in [6, 6.07) is 3.42. The third kappa shape index (κ3) is 3.02. The van der Waals surface area contributed by atoms with Gasteiger partial charge in [-0.1, -0.05) is 0 Å². The SMILES string of the molecule is CCNc1ncc(-c2nc3cc4c(cc3[nH]2)C(=O)N(C2CCN(C)CC2)C4=O)cn1. The smallest absolute Gasteiger partial charge is 0.261 e. The van der Waals surface area contributed by atoms with Crippen LogP contribution in [0, 0.1) is 0 Å². The van der Waals surface area contributed by atoms with Crippen LogP contribution in [-0.2, 0) is 0 Å². The first-order valence-corrected chi connectivity index (χ1v) is 10.2. The zero-order valence-electron chi connectivity index (χ0n) is 17.0. The van der Waals surface area contributed by atoms with Gasteiger partial charge in [-0.15, -0.1) is 0 Å². The van der Waals surface area contributed by atoms with Gasteiger partial charge in [0.05, 0.1) is 27.7 Å². The second-order valence-electron chi connectivity index (χ2n) is 7.84. The van der Waals surface area contributed by atoms with E-state index in [1.807, 2.05) is 6.92 Å². The first-order chi connectivity index (χ1) is 14.5. The number of imide groups is 1. The molecule has 1 aromatic carbocycles. The summed E-state index contributed by atoms with van der Waals surface area (Å²) in [5.74, 6) is 0.737. The van der Waals surface area contributed by atoms with Crippen molar-refractivity contribution < 1.29 is 9.59 Å². The Morgan fingerprint density at radius 1 is 1.10 bits per heavy atom. The molecule has 0 aliphatic carbocycles. The Hall–Kier alpha value is -3.33. The van der Waals surface area contributed by atoms with E-state index in [0.717, 1.165) is 38.0 Å². The molecule has 9 nitrogen and oxygen atoms in total. The number of imidazole rings is 1. The second-order valence-corrected chi connectivity index (χ2v) is 7.84. The van der Waals surface area contributed by atoms with Gasteiger partial charge in [-0.05, 0) is 52.0 Å². The van der Waals surface area contributed by atoms with Gasteiger partial charge in [-0.25, -0.2) is 15.0 Å². The van der Waals surface area contributed by atoms with Crippen LogP contribution < -0.4 is 5.32 Å². The molecule has 0 saturated carbocycles. The van der Waals surface area contributed by atoms with E-state index >= 15 is 0 Å². The maximum Gasteiger partial charge on any atom is 0.261 e. The van der Waals surface area contributed by atoms with Crippen LogP contribution >= 0.6 is 0 Å². The molecule has 0 atom stereocenters. The molecule has 1 fully saturated rings. The van der Waals surface area contributed by atoms with E-state index in [0.29, 0.717) is 33.9 Å². The minimum Gasteiger partial charge on any atom is -0.355 e. The molecule has 2 aliphatic rings. The molecule has 4 heterocycles. The number of amides is 2. The lowest BCUT2D eigenvalue weighted by molar-refractivity contribution is 0.0516. The number of rotatable bonds is 4. The lowest BCUT2D eigenvalue weighted by atomic mass is 10.0. The van der Waals surface area contributed by atoms with Crippen molar-refractivity contribution >= 4 is 28.8 Å². The van der Waals surface area contributed by atoms with E-state index < -0.39 is 0 Å². The number of likely N-dealkylation sites (tertiary alicyclic amines) is 1. The third-order valence-electron chi connectivity index (χ3n) is 5.83. The molecular formula is C21H23N7O2. The van der Waals surface area contributed by atoms with Gasteiger partial charge in [-0.3, -0.25) is 14.5 Å². The molecule has 2 amide bonds. The Balaban J connectivity index is 1.46. The quantitative estimate of drug-likeness (QED) is 0.641. The first-order valence-electron chi connectivity index (χ1n) is 10.2. The maximum atomic E-state index is 13.0. The predicted octanol–water partition coefficient (Wildman–Crippen LogP) is 2.14. The zero-order valence-corrected chi connectivity index (χ0v) is 17.0. The molecule has 3 aromatic rings. The van der Waals surface area contributed by atoms with Crippen LogP contribution in [0.4, 0.5) is 5.95 Å².